The van der Waals surface area contributed by atoms with E-state index in [2.05, 4.69) is 36.5 Å². The van der Waals surface area contributed by atoms with Gasteiger partial charge in [-0.1, -0.05) is 42.5 Å². The van der Waals surface area contributed by atoms with Gasteiger partial charge in [-0.3, -0.25) is 4.79 Å². The van der Waals surface area contributed by atoms with Crippen molar-refractivity contribution in [3.05, 3.63) is 71.5 Å². The Morgan fingerprint density at radius 2 is 1.79 bits per heavy atom. The van der Waals surface area contributed by atoms with E-state index in [0.29, 0.717) is 13.1 Å². The van der Waals surface area contributed by atoms with Crippen molar-refractivity contribution in [1.29, 1.82) is 0 Å². The lowest BCUT2D eigenvalue weighted by Gasteiger charge is -2.35. The van der Waals surface area contributed by atoms with Crippen molar-refractivity contribution in [2.24, 2.45) is 0 Å². The molecule has 1 aliphatic heterocycles. The minimum Gasteiger partial charge on any atom is -0.370 e. The first kappa shape index (κ1) is 21.4. The van der Waals surface area contributed by atoms with Gasteiger partial charge in [0.25, 0.3) is 5.91 Å². The molecule has 156 valence electrons. The Kier molecular flexibility index (Phi) is 7.75. The molecule has 2 aromatic rings. The number of amides is 1. The van der Waals surface area contributed by atoms with E-state index >= 15 is 0 Å². The summed E-state index contributed by atoms with van der Waals surface area (Å²) in [5.41, 5.74) is 2.26. The number of halogens is 1. The number of hydrogen-bond donors (Lipinski definition) is 3. The second kappa shape index (κ2) is 10.5. The third kappa shape index (κ3) is 6.35. The molecule has 3 N–H and O–H groups in total. The van der Waals surface area contributed by atoms with Crippen LogP contribution in [0, 0.1) is 5.82 Å². The van der Waals surface area contributed by atoms with Crippen LogP contribution in [0.2, 0.25) is 0 Å². The van der Waals surface area contributed by atoms with E-state index in [9.17, 15) is 9.18 Å². The number of nitrogens with one attached hydrogen (secondary N) is 3. The summed E-state index contributed by atoms with van der Waals surface area (Å²) in [6.45, 7) is 6.53. The molecule has 1 amide bonds. The number of rotatable bonds is 8. The van der Waals surface area contributed by atoms with Crippen LogP contribution in [0.3, 0.4) is 0 Å². The first-order valence-electron chi connectivity index (χ1n) is 10.4. The fraction of sp³-hybridized carbons (Fsp3) is 0.435. The Morgan fingerprint density at radius 1 is 1.14 bits per heavy atom. The molecule has 0 radical (unpaired) electrons. The molecule has 0 aliphatic carbocycles. The van der Waals surface area contributed by atoms with Gasteiger partial charge in [-0.15, -0.1) is 0 Å². The minimum atomic E-state index is -0.240. The Balaban J connectivity index is 1.59. The number of quaternary nitrogens is 2. The van der Waals surface area contributed by atoms with E-state index in [4.69, 9.17) is 4.74 Å². The first-order valence-corrected chi connectivity index (χ1v) is 10.4. The number of ether oxygens (including phenoxy) is 1. The number of morpholine rings is 1. The molecule has 3 rings (SSSR count). The van der Waals surface area contributed by atoms with Gasteiger partial charge >= 0.3 is 0 Å². The summed E-state index contributed by atoms with van der Waals surface area (Å²) in [6.07, 6.45) is 0. The van der Waals surface area contributed by atoms with Gasteiger partial charge in [0, 0.05) is 11.1 Å². The predicted octanol–water partition coefficient (Wildman–Crippen LogP) is 0.00150. The molecule has 1 saturated heterocycles. The van der Waals surface area contributed by atoms with Crippen LogP contribution >= 0.6 is 0 Å². The molecule has 5 nitrogen and oxygen atoms in total. The molecule has 0 aromatic heterocycles. The Labute approximate surface area is 172 Å². The van der Waals surface area contributed by atoms with Crippen molar-refractivity contribution in [2.45, 2.75) is 25.6 Å². The summed E-state index contributed by atoms with van der Waals surface area (Å²) < 4.78 is 18.6. The molecular formula is C23H32FN3O2+2. The highest BCUT2D eigenvalue weighted by Crippen LogP contribution is 2.14. The minimum absolute atomic E-state index is 0.0108. The summed E-state index contributed by atoms with van der Waals surface area (Å²) in [6, 6.07) is 17.1. The van der Waals surface area contributed by atoms with Crippen LogP contribution in [0.1, 0.15) is 24.1 Å². The van der Waals surface area contributed by atoms with E-state index in [0.717, 1.165) is 36.8 Å². The number of benzene rings is 2. The highest BCUT2D eigenvalue weighted by Gasteiger charge is 2.32. The molecule has 2 aromatic carbocycles. The average Bonchev–Trinajstić information content (AvgIpc) is 2.71. The third-order valence-electron chi connectivity index (χ3n) is 5.50. The van der Waals surface area contributed by atoms with Gasteiger partial charge in [-0.05, 0) is 19.1 Å². The quantitative estimate of drug-likeness (QED) is 0.583. The van der Waals surface area contributed by atoms with Crippen molar-refractivity contribution in [1.82, 2.24) is 5.32 Å². The summed E-state index contributed by atoms with van der Waals surface area (Å²) in [5.74, 6) is -0.207. The standard InChI is InChI=1S/C23H30FN3O2/c1-18(23(20-6-4-3-5-7-20)27-12-14-29-15-13-27)25-22(28)17-26(2)16-19-8-10-21(24)11-9-19/h3-11,18,23H,12-17H2,1-2H3,(H,25,28)/p+2/t18-,23+/m1/s1. The highest BCUT2D eigenvalue weighted by atomic mass is 19.1. The summed E-state index contributed by atoms with van der Waals surface area (Å²) in [5, 5.41) is 3.22. The van der Waals surface area contributed by atoms with Gasteiger partial charge in [0.2, 0.25) is 0 Å². The monoisotopic (exact) mass is 401 g/mol. The first-order chi connectivity index (χ1) is 14.0. The number of likely N-dealkylation sites (N-methyl/N-ethyl adjacent to an activating group) is 1. The van der Waals surface area contributed by atoms with E-state index in [1.54, 1.807) is 12.1 Å². The zero-order valence-electron chi connectivity index (χ0n) is 17.3. The molecule has 0 bridgehead atoms. The normalized spacial score (nSPS) is 18.0. The second-order valence-electron chi connectivity index (χ2n) is 7.95. The van der Waals surface area contributed by atoms with Crippen LogP contribution < -0.4 is 15.1 Å². The molecule has 1 heterocycles. The molecule has 3 atom stereocenters. The molecule has 29 heavy (non-hydrogen) atoms. The average molecular weight is 402 g/mol. The number of carbonyl (C=O) groups excluding carboxylic acids is 1. The fourth-order valence-electron chi connectivity index (χ4n) is 4.16. The van der Waals surface area contributed by atoms with Gasteiger partial charge in [0.15, 0.2) is 6.54 Å². The number of carbonyl (C=O) groups is 1. The largest absolute Gasteiger partial charge is 0.370 e. The van der Waals surface area contributed by atoms with Gasteiger partial charge in [-0.2, -0.15) is 0 Å². The van der Waals surface area contributed by atoms with Crippen LogP contribution in [0.25, 0.3) is 0 Å². The van der Waals surface area contributed by atoms with Crippen LogP contribution in [0.5, 0.6) is 0 Å². The van der Waals surface area contributed by atoms with Crippen molar-refractivity contribution in [3.63, 3.8) is 0 Å². The van der Waals surface area contributed by atoms with Crippen LogP contribution in [0.15, 0.2) is 54.6 Å². The van der Waals surface area contributed by atoms with Crippen molar-refractivity contribution < 1.29 is 23.7 Å². The van der Waals surface area contributed by atoms with Gasteiger partial charge in [0.1, 0.15) is 31.5 Å². The number of hydrogen-bond acceptors (Lipinski definition) is 2. The molecular weight excluding hydrogens is 369 g/mol. The maximum Gasteiger partial charge on any atom is 0.275 e. The van der Waals surface area contributed by atoms with E-state index < -0.39 is 0 Å². The van der Waals surface area contributed by atoms with Crippen molar-refractivity contribution >= 4 is 5.91 Å². The van der Waals surface area contributed by atoms with E-state index in [-0.39, 0.29) is 23.8 Å². The van der Waals surface area contributed by atoms with Crippen molar-refractivity contribution in [2.75, 3.05) is 39.9 Å². The van der Waals surface area contributed by atoms with Crippen LogP contribution in [0.4, 0.5) is 4.39 Å². The lowest BCUT2D eigenvalue weighted by molar-refractivity contribution is -0.940. The third-order valence-corrected chi connectivity index (χ3v) is 5.50. The Bertz CT molecular complexity index is 763. The van der Waals surface area contributed by atoms with Crippen molar-refractivity contribution in [3.8, 4) is 0 Å². The Hall–Kier alpha value is -2.28. The summed E-state index contributed by atoms with van der Waals surface area (Å²) in [7, 11) is 1.98. The molecule has 6 heteroatoms. The predicted molar refractivity (Wildman–Crippen MR) is 110 cm³/mol. The second-order valence-corrected chi connectivity index (χ2v) is 7.95. The smallest absolute Gasteiger partial charge is 0.275 e. The van der Waals surface area contributed by atoms with Gasteiger partial charge < -0.3 is 19.9 Å². The summed E-state index contributed by atoms with van der Waals surface area (Å²) in [4.78, 5) is 15.2. The fourth-order valence-corrected chi connectivity index (χ4v) is 4.16. The lowest BCUT2D eigenvalue weighted by atomic mass is 9.98. The summed E-state index contributed by atoms with van der Waals surface area (Å²) >= 11 is 0. The molecule has 0 saturated carbocycles. The van der Waals surface area contributed by atoms with Gasteiger partial charge in [-0.25, -0.2) is 4.39 Å². The maximum atomic E-state index is 13.1. The zero-order chi connectivity index (χ0) is 20.6. The van der Waals surface area contributed by atoms with E-state index in [1.165, 1.54) is 22.6 Å². The molecule has 1 unspecified atom stereocenters. The molecule has 1 fully saturated rings. The van der Waals surface area contributed by atoms with E-state index in [1.807, 2.05) is 13.1 Å². The van der Waals surface area contributed by atoms with Crippen LogP contribution in [-0.4, -0.2) is 51.8 Å². The Morgan fingerprint density at radius 3 is 2.45 bits per heavy atom. The molecule has 0 spiro atoms. The van der Waals surface area contributed by atoms with Crippen LogP contribution in [-0.2, 0) is 16.1 Å². The zero-order valence-corrected chi connectivity index (χ0v) is 17.3. The van der Waals surface area contributed by atoms with Gasteiger partial charge in [0.05, 0.1) is 26.3 Å². The topological polar surface area (TPSA) is 47.2 Å². The lowest BCUT2D eigenvalue weighted by Crippen LogP contribution is -3.15. The maximum absolute atomic E-state index is 13.1. The highest BCUT2D eigenvalue weighted by molar-refractivity contribution is 5.77. The molecule has 1 aliphatic rings. The SMILES string of the molecule is C[C@@H](NC(=O)C[NH+](C)Cc1ccc(F)cc1)[C@@H](c1ccccc1)[NH+]1CCOCC1.